The van der Waals surface area contributed by atoms with Crippen LogP contribution in [0.4, 0.5) is 14.4 Å². The minimum atomic E-state index is -1.02. The zero-order valence-corrected chi connectivity index (χ0v) is 37.4. The van der Waals surface area contributed by atoms with Gasteiger partial charge in [0, 0.05) is 19.2 Å². The van der Waals surface area contributed by atoms with Crippen LogP contribution in [-0.4, -0.2) is 83.5 Å². The maximum absolute atomic E-state index is 14.4. The Morgan fingerprint density at radius 3 is 1.74 bits per heavy atom. The van der Waals surface area contributed by atoms with Crippen molar-refractivity contribution in [3.63, 3.8) is 0 Å². The van der Waals surface area contributed by atoms with Crippen LogP contribution in [0.2, 0.25) is 0 Å². The lowest BCUT2D eigenvalue weighted by molar-refractivity contribution is -0.161. The molecule has 0 aliphatic rings. The lowest BCUT2D eigenvalue weighted by atomic mass is 9.95. The number of hydrogen-bond donors (Lipinski definition) is 3. The summed E-state index contributed by atoms with van der Waals surface area (Å²) in [5, 5.41) is 5.74. The third-order valence-corrected chi connectivity index (χ3v) is 8.35. The summed E-state index contributed by atoms with van der Waals surface area (Å²) in [6, 6.07) is 9.70. The molecule has 0 fully saturated rings. The molecule has 0 aromatic heterocycles. The Morgan fingerprint density at radius 1 is 0.649 bits per heavy atom. The third-order valence-electron chi connectivity index (χ3n) is 8.35. The molecule has 0 radical (unpaired) electrons. The summed E-state index contributed by atoms with van der Waals surface area (Å²) in [4.78, 5) is 55.4. The summed E-state index contributed by atoms with van der Waals surface area (Å²) >= 11 is 0. The van der Waals surface area contributed by atoms with E-state index in [-0.39, 0.29) is 19.4 Å². The molecule has 3 amide bonds. The molecule has 3 atom stereocenters. The predicted octanol–water partition coefficient (Wildman–Crippen LogP) is 9.39. The Balaban J connectivity index is 3.35. The molecule has 1 rings (SSSR count). The van der Waals surface area contributed by atoms with E-state index in [1.54, 1.807) is 88.0 Å². The lowest BCUT2D eigenvalue weighted by Crippen LogP contribution is -2.58. The average molecular weight is 807 g/mol. The second-order valence-electron chi connectivity index (χ2n) is 18.8. The fourth-order valence-electron chi connectivity index (χ4n) is 6.04. The average Bonchev–Trinajstić information content (AvgIpc) is 3.04. The van der Waals surface area contributed by atoms with Gasteiger partial charge in [-0.3, -0.25) is 9.69 Å². The standard InChI is InChI=1S/C44H78N4O9/c1-41(2,3)54-37(49)34(27-28-45)31-36(47-39(51)56-43(7,8)9)48(40(52)57-44(10,11)12)35(26-22-29-46-38(50)55-42(4,5)6)25-20-15-13-14-16-21-30-53-32-33-23-18-17-19-24-33/h17-19,23-24,34-36H,13-16,20-22,25-32,45H2,1-12H3,(H,46,50)(H,47,51). The van der Waals surface area contributed by atoms with Crippen LogP contribution < -0.4 is 16.4 Å². The van der Waals surface area contributed by atoms with Gasteiger partial charge >= 0.3 is 24.2 Å². The molecular formula is C44H78N4O9. The van der Waals surface area contributed by atoms with E-state index in [2.05, 4.69) is 22.8 Å². The largest absolute Gasteiger partial charge is 0.460 e. The van der Waals surface area contributed by atoms with Crippen LogP contribution in [0.15, 0.2) is 30.3 Å². The Bertz CT molecular complexity index is 1310. The summed E-state index contributed by atoms with van der Waals surface area (Å²) in [6.07, 6.45) is 4.74. The van der Waals surface area contributed by atoms with E-state index in [1.165, 1.54) is 0 Å². The highest BCUT2D eigenvalue weighted by Gasteiger charge is 2.39. The predicted molar refractivity (Wildman–Crippen MR) is 225 cm³/mol. The van der Waals surface area contributed by atoms with Gasteiger partial charge in [-0.05, 0) is 134 Å². The molecule has 57 heavy (non-hydrogen) atoms. The van der Waals surface area contributed by atoms with Crippen molar-refractivity contribution in [2.75, 3.05) is 19.7 Å². The first-order valence-corrected chi connectivity index (χ1v) is 20.9. The van der Waals surface area contributed by atoms with Crippen LogP contribution in [0.1, 0.15) is 159 Å². The van der Waals surface area contributed by atoms with Gasteiger partial charge in [-0.15, -0.1) is 0 Å². The minimum Gasteiger partial charge on any atom is -0.460 e. The number of rotatable bonds is 23. The fourth-order valence-corrected chi connectivity index (χ4v) is 6.04. The van der Waals surface area contributed by atoms with Crippen molar-refractivity contribution in [1.82, 2.24) is 15.5 Å². The van der Waals surface area contributed by atoms with Crippen LogP contribution in [0.3, 0.4) is 0 Å². The highest BCUT2D eigenvalue weighted by Crippen LogP contribution is 2.27. The first kappa shape index (κ1) is 51.4. The van der Waals surface area contributed by atoms with Crippen molar-refractivity contribution in [3.8, 4) is 0 Å². The molecule has 1 aromatic rings. The molecule has 0 spiro atoms. The monoisotopic (exact) mass is 807 g/mol. The molecule has 328 valence electrons. The van der Waals surface area contributed by atoms with Gasteiger partial charge in [0.25, 0.3) is 0 Å². The Hall–Kier alpha value is -3.58. The first-order chi connectivity index (χ1) is 26.4. The molecule has 0 heterocycles. The van der Waals surface area contributed by atoms with E-state index < -0.39 is 64.8 Å². The number of esters is 1. The molecule has 0 saturated carbocycles. The van der Waals surface area contributed by atoms with Crippen LogP contribution in [0, 0.1) is 5.92 Å². The first-order valence-electron chi connectivity index (χ1n) is 20.9. The van der Waals surface area contributed by atoms with Crippen molar-refractivity contribution < 1.29 is 42.9 Å². The number of nitrogens with zero attached hydrogens (tertiary/aromatic N) is 1. The number of amides is 3. The van der Waals surface area contributed by atoms with Gasteiger partial charge in [-0.25, -0.2) is 14.4 Å². The number of unbranched alkanes of at least 4 members (excludes halogenated alkanes) is 5. The second-order valence-corrected chi connectivity index (χ2v) is 18.8. The number of nitrogens with two attached hydrogens (primary N) is 1. The molecule has 0 aliphatic carbocycles. The van der Waals surface area contributed by atoms with Gasteiger partial charge in [-0.2, -0.15) is 0 Å². The number of nitrogens with one attached hydrogen (secondary N) is 2. The number of alkyl carbamates (subject to hydrolysis) is 2. The van der Waals surface area contributed by atoms with Gasteiger partial charge < -0.3 is 40.1 Å². The number of ether oxygens (including phenoxy) is 5. The van der Waals surface area contributed by atoms with Crippen molar-refractivity contribution in [2.45, 2.75) is 195 Å². The maximum Gasteiger partial charge on any atom is 0.412 e. The molecule has 1 aromatic carbocycles. The molecule has 13 heteroatoms. The summed E-state index contributed by atoms with van der Waals surface area (Å²) in [6.45, 7) is 23.2. The van der Waals surface area contributed by atoms with Crippen molar-refractivity contribution in [3.05, 3.63) is 35.9 Å². The molecule has 13 nitrogen and oxygen atoms in total. The zero-order valence-electron chi connectivity index (χ0n) is 37.4. The van der Waals surface area contributed by atoms with Crippen molar-refractivity contribution in [1.29, 1.82) is 0 Å². The second kappa shape index (κ2) is 25.0. The Morgan fingerprint density at radius 2 is 1.18 bits per heavy atom. The molecule has 0 aliphatic heterocycles. The zero-order chi connectivity index (χ0) is 43.3. The van der Waals surface area contributed by atoms with Crippen molar-refractivity contribution >= 4 is 24.2 Å². The summed E-state index contributed by atoms with van der Waals surface area (Å²) < 4.78 is 28.7. The van der Waals surface area contributed by atoms with Crippen LogP contribution in [-0.2, 0) is 35.1 Å². The quantitative estimate of drug-likeness (QED) is 0.0419. The van der Waals surface area contributed by atoms with E-state index in [4.69, 9.17) is 29.4 Å². The number of benzene rings is 1. The maximum atomic E-state index is 14.4. The van der Waals surface area contributed by atoms with Crippen LogP contribution >= 0.6 is 0 Å². The SMILES string of the molecule is CC(C)(C)OC(=O)NCCCC(CCCCCCCCOCc1ccccc1)N(C(=O)OC(C)(C)C)C(CC(CCN)C(=O)OC(C)(C)C)NC(=O)OC(C)(C)C. The van der Waals surface area contributed by atoms with E-state index in [1.807, 2.05) is 18.2 Å². The molecule has 3 unspecified atom stereocenters. The third kappa shape index (κ3) is 26.1. The summed E-state index contributed by atoms with van der Waals surface area (Å²) in [5.74, 6) is -1.22. The highest BCUT2D eigenvalue weighted by molar-refractivity contribution is 5.75. The van der Waals surface area contributed by atoms with E-state index in [0.717, 1.165) is 44.1 Å². The van der Waals surface area contributed by atoms with Crippen LogP contribution in [0.25, 0.3) is 0 Å². The highest BCUT2D eigenvalue weighted by atomic mass is 16.6. The van der Waals surface area contributed by atoms with E-state index in [0.29, 0.717) is 39.0 Å². The molecule has 4 N–H and O–H groups in total. The Labute approximate surface area is 344 Å². The van der Waals surface area contributed by atoms with Gasteiger partial charge in [0.05, 0.1) is 12.5 Å². The number of carbonyl (C=O) groups excluding carboxylic acids is 4. The lowest BCUT2D eigenvalue weighted by Gasteiger charge is -2.40. The molecule has 0 saturated heterocycles. The van der Waals surface area contributed by atoms with Gasteiger partial charge in [0.1, 0.15) is 28.6 Å². The Kier molecular flexibility index (Phi) is 22.6. The van der Waals surface area contributed by atoms with Gasteiger partial charge in [0.15, 0.2) is 0 Å². The fraction of sp³-hybridized carbons (Fsp3) is 0.773. The minimum absolute atomic E-state index is 0.0175. The number of carbonyl (C=O) groups is 4. The number of hydrogen-bond acceptors (Lipinski definition) is 10. The van der Waals surface area contributed by atoms with E-state index in [9.17, 15) is 19.2 Å². The van der Waals surface area contributed by atoms with Crippen molar-refractivity contribution in [2.24, 2.45) is 11.7 Å². The summed E-state index contributed by atoms with van der Waals surface area (Å²) in [7, 11) is 0. The van der Waals surface area contributed by atoms with E-state index >= 15 is 0 Å². The van der Waals surface area contributed by atoms with Gasteiger partial charge in [-0.1, -0.05) is 62.4 Å². The molecule has 0 bridgehead atoms. The summed E-state index contributed by atoms with van der Waals surface area (Å²) in [5.41, 5.74) is 4.07. The van der Waals surface area contributed by atoms with Crippen LogP contribution in [0.5, 0.6) is 0 Å². The topological polar surface area (TPSA) is 168 Å². The smallest absolute Gasteiger partial charge is 0.412 e. The molecular weight excluding hydrogens is 729 g/mol. The van der Waals surface area contributed by atoms with Gasteiger partial charge in [0.2, 0.25) is 0 Å². The normalized spacial score (nSPS) is 13.8.